The number of carbonyl (C=O) groups excluding carboxylic acids is 1. The van der Waals surface area contributed by atoms with Crippen LogP contribution in [0.15, 0.2) is 0 Å². The van der Waals surface area contributed by atoms with Crippen LogP contribution in [0.2, 0.25) is 0 Å². The number of methoxy groups -OCH3 is 1. The Balaban J connectivity index is 4.21. The summed E-state index contributed by atoms with van der Waals surface area (Å²) in [5, 5.41) is 2.62. The molecule has 0 aliphatic carbocycles. The van der Waals surface area contributed by atoms with Crippen molar-refractivity contribution in [2.24, 2.45) is 0 Å². The maximum Gasteiger partial charge on any atom is 0.240 e. The van der Waals surface area contributed by atoms with Gasteiger partial charge in [-0.3, -0.25) is 4.79 Å². The van der Waals surface area contributed by atoms with Gasteiger partial charge in [0.2, 0.25) is 5.91 Å². The van der Waals surface area contributed by atoms with E-state index in [1.165, 1.54) is 13.8 Å². The lowest BCUT2D eigenvalue weighted by Crippen LogP contribution is -2.48. The second kappa shape index (κ2) is 6.70. The van der Waals surface area contributed by atoms with Crippen LogP contribution in [-0.2, 0) is 19.4 Å². The highest BCUT2D eigenvalue weighted by Gasteiger charge is 2.38. The maximum atomic E-state index is 11.7. The summed E-state index contributed by atoms with van der Waals surface area (Å²) in [6, 6.07) is 0. The fourth-order valence-corrected chi connectivity index (χ4v) is 1.89. The fourth-order valence-electron chi connectivity index (χ4n) is 0.988. The summed E-state index contributed by atoms with van der Waals surface area (Å²) in [7, 11) is -1.81. The molecule has 0 heterocycles. The summed E-state index contributed by atoms with van der Waals surface area (Å²) >= 11 is 3.38. The van der Waals surface area contributed by atoms with E-state index in [9.17, 15) is 13.2 Å². The average Bonchev–Trinajstić information content (AvgIpc) is 2.16. The summed E-state index contributed by atoms with van der Waals surface area (Å²) in [5.41, 5.74) is 0. The highest BCUT2D eigenvalue weighted by Crippen LogP contribution is 2.15. The number of hydrogen-bond acceptors (Lipinski definition) is 4. The first-order valence-corrected chi connectivity index (χ1v) is 8.04. The Kier molecular flexibility index (Phi) is 6.65. The van der Waals surface area contributed by atoms with Gasteiger partial charge in [0, 0.05) is 24.7 Å². The zero-order valence-corrected chi connectivity index (χ0v) is 13.0. The van der Waals surface area contributed by atoms with Gasteiger partial charge in [-0.2, -0.15) is 0 Å². The molecule has 1 unspecified atom stereocenters. The van der Waals surface area contributed by atoms with E-state index in [1.54, 1.807) is 7.11 Å². The molecule has 0 saturated heterocycles. The van der Waals surface area contributed by atoms with Crippen molar-refractivity contribution < 1.29 is 17.9 Å². The SMILES string of the molecule is COCC(Br)CCNC(=O)C(C)(C)S(C)(=O)=O. The van der Waals surface area contributed by atoms with Crippen LogP contribution in [-0.4, -0.2) is 50.4 Å². The van der Waals surface area contributed by atoms with Gasteiger partial charge < -0.3 is 10.1 Å². The summed E-state index contributed by atoms with van der Waals surface area (Å²) < 4.78 is 26.3. The molecule has 0 aromatic carbocycles. The first-order chi connectivity index (χ1) is 7.63. The predicted octanol–water partition coefficient (Wildman–Crippen LogP) is 0.726. The standard InChI is InChI=1S/C10H20BrNO4S/c1-10(2,17(4,14)15)9(13)12-6-5-8(11)7-16-3/h8H,5-7H2,1-4H3,(H,12,13). The van der Waals surface area contributed by atoms with Gasteiger partial charge in [-0.1, -0.05) is 15.9 Å². The highest BCUT2D eigenvalue weighted by atomic mass is 79.9. The lowest BCUT2D eigenvalue weighted by Gasteiger charge is -2.21. The van der Waals surface area contributed by atoms with E-state index >= 15 is 0 Å². The monoisotopic (exact) mass is 329 g/mol. The van der Waals surface area contributed by atoms with Gasteiger partial charge in [-0.05, 0) is 20.3 Å². The van der Waals surface area contributed by atoms with Gasteiger partial charge in [-0.25, -0.2) is 8.42 Å². The molecule has 0 aromatic heterocycles. The van der Waals surface area contributed by atoms with E-state index in [1.807, 2.05) is 0 Å². The van der Waals surface area contributed by atoms with E-state index in [2.05, 4.69) is 21.2 Å². The molecule has 0 bridgehead atoms. The molecule has 17 heavy (non-hydrogen) atoms. The quantitative estimate of drug-likeness (QED) is 0.699. The van der Waals surface area contributed by atoms with Gasteiger partial charge >= 0.3 is 0 Å². The summed E-state index contributed by atoms with van der Waals surface area (Å²) in [6.45, 7) is 3.76. The molecule has 1 atom stereocenters. The molecule has 0 rings (SSSR count). The first kappa shape index (κ1) is 16.9. The Labute approximate surface area is 111 Å². The zero-order valence-electron chi connectivity index (χ0n) is 10.6. The summed E-state index contributed by atoms with van der Waals surface area (Å²) in [6.07, 6.45) is 1.74. The molecule has 0 radical (unpaired) electrons. The fraction of sp³-hybridized carbons (Fsp3) is 0.900. The Bertz CT molecular complexity index is 353. The van der Waals surface area contributed by atoms with Crippen LogP contribution in [0.5, 0.6) is 0 Å². The molecule has 0 spiro atoms. The van der Waals surface area contributed by atoms with Crippen molar-refractivity contribution in [2.45, 2.75) is 29.8 Å². The predicted molar refractivity (Wildman–Crippen MR) is 71.1 cm³/mol. The number of carbonyl (C=O) groups is 1. The molecule has 0 saturated carbocycles. The smallest absolute Gasteiger partial charge is 0.240 e. The molecule has 0 aliphatic rings. The van der Waals surface area contributed by atoms with Crippen molar-refractivity contribution in [2.75, 3.05) is 26.5 Å². The van der Waals surface area contributed by atoms with Crippen molar-refractivity contribution >= 4 is 31.7 Å². The zero-order chi connectivity index (χ0) is 13.7. The lowest BCUT2D eigenvalue weighted by atomic mass is 10.2. The third-order valence-corrected chi connectivity index (χ3v) is 5.33. The minimum atomic E-state index is -3.41. The minimum absolute atomic E-state index is 0.147. The number of halogens is 1. The van der Waals surface area contributed by atoms with E-state index in [0.717, 1.165) is 6.26 Å². The number of ether oxygens (including phenoxy) is 1. The number of rotatable bonds is 7. The van der Waals surface area contributed by atoms with Crippen LogP contribution in [0.3, 0.4) is 0 Å². The van der Waals surface area contributed by atoms with Crippen LogP contribution in [0.25, 0.3) is 0 Å². The lowest BCUT2D eigenvalue weighted by molar-refractivity contribution is -0.122. The number of nitrogens with one attached hydrogen (secondary N) is 1. The molecular weight excluding hydrogens is 310 g/mol. The largest absolute Gasteiger partial charge is 0.384 e. The van der Waals surface area contributed by atoms with E-state index in [0.29, 0.717) is 19.6 Å². The molecule has 1 amide bonds. The molecule has 0 fully saturated rings. The van der Waals surface area contributed by atoms with Crippen molar-refractivity contribution in [3.05, 3.63) is 0 Å². The molecule has 1 N–H and O–H groups in total. The number of amides is 1. The van der Waals surface area contributed by atoms with Gasteiger partial charge in [0.1, 0.15) is 4.75 Å². The van der Waals surface area contributed by atoms with Gasteiger partial charge in [-0.15, -0.1) is 0 Å². The Hall–Kier alpha value is -0.140. The van der Waals surface area contributed by atoms with Crippen molar-refractivity contribution in [1.82, 2.24) is 5.32 Å². The first-order valence-electron chi connectivity index (χ1n) is 5.24. The highest BCUT2D eigenvalue weighted by molar-refractivity contribution is 9.09. The van der Waals surface area contributed by atoms with Crippen molar-refractivity contribution in [1.29, 1.82) is 0 Å². The van der Waals surface area contributed by atoms with Crippen LogP contribution in [0.1, 0.15) is 20.3 Å². The molecule has 102 valence electrons. The van der Waals surface area contributed by atoms with Gasteiger partial charge in [0.05, 0.1) is 6.61 Å². The third-order valence-electron chi connectivity index (χ3n) is 2.56. The Morgan fingerprint density at radius 1 is 1.47 bits per heavy atom. The topological polar surface area (TPSA) is 72.5 Å². The van der Waals surface area contributed by atoms with Crippen LogP contribution in [0, 0.1) is 0 Å². The average molecular weight is 330 g/mol. The molecule has 0 aliphatic heterocycles. The van der Waals surface area contributed by atoms with Crippen molar-refractivity contribution in [3.8, 4) is 0 Å². The summed E-state index contributed by atoms with van der Waals surface area (Å²) in [5.74, 6) is -0.475. The summed E-state index contributed by atoms with van der Waals surface area (Å²) in [4.78, 5) is 11.9. The number of sulfone groups is 1. The van der Waals surface area contributed by atoms with E-state index in [-0.39, 0.29) is 4.83 Å². The minimum Gasteiger partial charge on any atom is -0.384 e. The van der Waals surface area contributed by atoms with Crippen LogP contribution >= 0.6 is 15.9 Å². The molecule has 7 heteroatoms. The third kappa shape index (κ3) is 5.35. The molecule has 5 nitrogen and oxygen atoms in total. The van der Waals surface area contributed by atoms with Crippen LogP contribution < -0.4 is 5.32 Å². The van der Waals surface area contributed by atoms with Gasteiger partial charge in [0.25, 0.3) is 0 Å². The molecule has 0 aromatic rings. The second-order valence-electron chi connectivity index (χ2n) is 4.38. The Morgan fingerprint density at radius 3 is 2.41 bits per heavy atom. The molecular formula is C10H20BrNO4S. The second-order valence-corrected chi connectivity index (χ2v) is 8.24. The number of hydrogen-bond donors (Lipinski definition) is 1. The van der Waals surface area contributed by atoms with Gasteiger partial charge in [0.15, 0.2) is 9.84 Å². The maximum absolute atomic E-state index is 11.7. The number of alkyl halides is 1. The van der Waals surface area contributed by atoms with E-state index in [4.69, 9.17) is 4.74 Å². The van der Waals surface area contributed by atoms with Crippen molar-refractivity contribution in [3.63, 3.8) is 0 Å². The Morgan fingerprint density at radius 2 is 2.00 bits per heavy atom. The normalized spacial score (nSPS) is 14.4. The van der Waals surface area contributed by atoms with E-state index < -0.39 is 20.5 Å². The van der Waals surface area contributed by atoms with Crippen LogP contribution in [0.4, 0.5) is 0 Å².